The SMILES string of the molecule is C[C@H](NC(=S)N1CCCSc2ccccc21)c1ccccc1. The summed E-state index contributed by atoms with van der Waals surface area (Å²) in [5.41, 5.74) is 2.48. The first kappa shape index (κ1) is 15.4. The molecule has 0 saturated heterocycles. The average molecular weight is 329 g/mol. The molecule has 3 rings (SSSR count). The molecule has 0 aromatic heterocycles. The van der Waals surface area contributed by atoms with Gasteiger partial charge in [0, 0.05) is 11.4 Å². The maximum absolute atomic E-state index is 5.69. The highest BCUT2D eigenvalue weighted by Gasteiger charge is 2.20. The van der Waals surface area contributed by atoms with Crippen molar-refractivity contribution in [2.75, 3.05) is 17.2 Å². The highest BCUT2D eigenvalue weighted by molar-refractivity contribution is 7.99. The summed E-state index contributed by atoms with van der Waals surface area (Å²) in [6, 6.07) is 19.2. The van der Waals surface area contributed by atoms with Gasteiger partial charge in [-0.15, -0.1) is 11.8 Å². The molecule has 0 unspecified atom stereocenters. The topological polar surface area (TPSA) is 15.3 Å². The molecule has 2 aromatic rings. The first-order valence-corrected chi connectivity index (χ1v) is 9.00. The van der Waals surface area contributed by atoms with Gasteiger partial charge in [0.15, 0.2) is 5.11 Å². The van der Waals surface area contributed by atoms with E-state index in [-0.39, 0.29) is 6.04 Å². The fraction of sp³-hybridized carbons (Fsp3) is 0.278. The second-order valence-corrected chi connectivity index (χ2v) is 6.93. The van der Waals surface area contributed by atoms with E-state index < -0.39 is 0 Å². The molecule has 1 N–H and O–H groups in total. The van der Waals surface area contributed by atoms with Crippen LogP contribution in [0.4, 0.5) is 5.69 Å². The van der Waals surface area contributed by atoms with Gasteiger partial charge in [0.2, 0.25) is 0 Å². The third kappa shape index (κ3) is 3.45. The van der Waals surface area contributed by atoms with Gasteiger partial charge in [0.25, 0.3) is 0 Å². The van der Waals surface area contributed by atoms with Crippen LogP contribution in [0.2, 0.25) is 0 Å². The second kappa shape index (κ2) is 7.16. The third-order valence-electron chi connectivity index (χ3n) is 3.82. The Kier molecular flexibility index (Phi) is 5.01. The highest BCUT2D eigenvalue weighted by atomic mass is 32.2. The van der Waals surface area contributed by atoms with E-state index in [1.54, 1.807) is 0 Å². The van der Waals surface area contributed by atoms with Gasteiger partial charge in [-0.1, -0.05) is 42.5 Å². The molecule has 2 nitrogen and oxygen atoms in total. The van der Waals surface area contributed by atoms with E-state index in [9.17, 15) is 0 Å². The van der Waals surface area contributed by atoms with E-state index in [0.717, 1.165) is 23.8 Å². The summed E-state index contributed by atoms with van der Waals surface area (Å²) < 4.78 is 0. The number of benzene rings is 2. The lowest BCUT2D eigenvalue weighted by Crippen LogP contribution is -2.41. The normalized spacial score (nSPS) is 15.6. The van der Waals surface area contributed by atoms with Crippen LogP contribution in [0, 0.1) is 0 Å². The van der Waals surface area contributed by atoms with Crippen LogP contribution in [-0.2, 0) is 0 Å². The van der Waals surface area contributed by atoms with Crippen molar-refractivity contribution in [1.29, 1.82) is 0 Å². The Labute approximate surface area is 141 Å². The number of anilines is 1. The Bertz CT molecular complexity index is 643. The van der Waals surface area contributed by atoms with Gasteiger partial charge in [-0.3, -0.25) is 0 Å². The molecule has 0 aliphatic carbocycles. The number of hydrogen-bond donors (Lipinski definition) is 1. The smallest absolute Gasteiger partial charge is 0.173 e. The Morgan fingerprint density at radius 2 is 1.86 bits per heavy atom. The molecule has 2 aromatic carbocycles. The van der Waals surface area contributed by atoms with Crippen LogP contribution in [-0.4, -0.2) is 17.4 Å². The van der Waals surface area contributed by atoms with Crippen molar-refractivity contribution < 1.29 is 0 Å². The molecular formula is C18H20N2S2. The van der Waals surface area contributed by atoms with E-state index in [1.807, 2.05) is 17.8 Å². The molecule has 0 fully saturated rings. The molecule has 0 bridgehead atoms. The average Bonchev–Trinajstić information content (AvgIpc) is 2.78. The zero-order chi connectivity index (χ0) is 15.4. The molecule has 1 aliphatic rings. The maximum atomic E-state index is 5.69. The van der Waals surface area contributed by atoms with Crippen molar-refractivity contribution in [2.45, 2.75) is 24.3 Å². The molecule has 0 radical (unpaired) electrons. The van der Waals surface area contributed by atoms with Crippen LogP contribution in [0.15, 0.2) is 59.5 Å². The summed E-state index contributed by atoms with van der Waals surface area (Å²) in [6.07, 6.45) is 1.14. The molecular weight excluding hydrogens is 308 g/mol. The zero-order valence-electron chi connectivity index (χ0n) is 12.7. The molecule has 0 spiro atoms. The summed E-state index contributed by atoms with van der Waals surface area (Å²) in [5.74, 6) is 1.14. The molecule has 114 valence electrons. The van der Waals surface area contributed by atoms with E-state index in [2.05, 4.69) is 65.7 Å². The summed E-state index contributed by atoms with van der Waals surface area (Å²) in [6.45, 7) is 3.12. The number of nitrogens with one attached hydrogen (secondary N) is 1. The molecule has 22 heavy (non-hydrogen) atoms. The van der Waals surface area contributed by atoms with Crippen LogP contribution in [0.1, 0.15) is 24.9 Å². The minimum atomic E-state index is 0.205. The van der Waals surface area contributed by atoms with E-state index in [0.29, 0.717) is 0 Å². The molecule has 0 amide bonds. The summed E-state index contributed by atoms with van der Waals surface area (Å²) in [5, 5.41) is 4.29. The Morgan fingerprint density at radius 3 is 2.68 bits per heavy atom. The van der Waals surface area contributed by atoms with Crippen LogP contribution < -0.4 is 10.2 Å². The number of fused-ring (bicyclic) bond motifs is 1. The van der Waals surface area contributed by atoms with Gasteiger partial charge in [-0.05, 0) is 49.0 Å². The predicted octanol–water partition coefficient (Wildman–Crippen LogP) is 4.62. The minimum absolute atomic E-state index is 0.205. The van der Waals surface area contributed by atoms with Gasteiger partial charge < -0.3 is 10.2 Å². The van der Waals surface area contributed by atoms with Gasteiger partial charge in [0.1, 0.15) is 0 Å². The highest BCUT2D eigenvalue weighted by Crippen LogP contribution is 2.33. The van der Waals surface area contributed by atoms with Crippen molar-refractivity contribution in [2.24, 2.45) is 0 Å². The van der Waals surface area contributed by atoms with Gasteiger partial charge in [-0.25, -0.2) is 0 Å². The van der Waals surface area contributed by atoms with Gasteiger partial charge in [-0.2, -0.15) is 0 Å². The van der Waals surface area contributed by atoms with Crippen LogP contribution in [0.25, 0.3) is 0 Å². The monoisotopic (exact) mass is 328 g/mol. The largest absolute Gasteiger partial charge is 0.356 e. The molecule has 0 saturated carbocycles. The van der Waals surface area contributed by atoms with Crippen molar-refractivity contribution in [3.63, 3.8) is 0 Å². The second-order valence-electron chi connectivity index (χ2n) is 5.40. The molecule has 1 aliphatic heterocycles. The van der Waals surface area contributed by atoms with Crippen molar-refractivity contribution in [3.8, 4) is 0 Å². The summed E-state index contributed by atoms with van der Waals surface area (Å²) in [4.78, 5) is 3.56. The van der Waals surface area contributed by atoms with Crippen molar-refractivity contribution in [1.82, 2.24) is 5.32 Å². The lowest BCUT2D eigenvalue weighted by atomic mass is 10.1. The van der Waals surface area contributed by atoms with E-state index in [4.69, 9.17) is 12.2 Å². The summed E-state index contributed by atoms with van der Waals surface area (Å²) >= 11 is 7.61. The number of rotatable bonds is 2. The third-order valence-corrected chi connectivity index (χ3v) is 5.31. The number of thiocarbonyl (C=S) groups is 1. The minimum Gasteiger partial charge on any atom is -0.356 e. The van der Waals surface area contributed by atoms with Crippen LogP contribution >= 0.6 is 24.0 Å². The number of para-hydroxylation sites is 1. The Balaban J connectivity index is 1.77. The maximum Gasteiger partial charge on any atom is 0.173 e. The Morgan fingerprint density at radius 1 is 1.14 bits per heavy atom. The number of thioether (sulfide) groups is 1. The summed E-state index contributed by atoms with van der Waals surface area (Å²) in [7, 11) is 0. The zero-order valence-corrected chi connectivity index (χ0v) is 14.3. The van der Waals surface area contributed by atoms with Crippen LogP contribution in [0.5, 0.6) is 0 Å². The van der Waals surface area contributed by atoms with Crippen molar-refractivity contribution in [3.05, 3.63) is 60.2 Å². The van der Waals surface area contributed by atoms with Crippen LogP contribution in [0.3, 0.4) is 0 Å². The Hall–Kier alpha value is -1.52. The lowest BCUT2D eigenvalue weighted by Gasteiger charge is -2.28. The first-order chi connectivity index (χ1) is 10.8. The lowest BCUT2D eigenvalue weighted by molar-refractivity contribution is 0.709. The van der Waals surface area contributed by atoms with E-state index in [1.165, 1.54) is 16.1 Å². The van der Waals surface area contributed by atoms with Gasteiger partial charge in [0.05, 0.1) is 11.7 Å². The standard InChI is InChI=1S/C18H20N2S2/c1-14(15-8-3-2-4-9-15)19-18(21)20-12-7-13-22-17-11-6-5-10-16(17)20/h2-6,8-11,14H,7,12-13H2,1H3,(H,19,21)/t14-/m0/s1. The fourth-order valence-corrected chi connectivity index (χ4v) is 3.99. The number of nitrogens with zero attached hydrogens (tertiary/aromatic N) is 1. The van der Waals surface area contributed by atoms with Crippen molar-refractivity contribution >= 4 is 34.8 Å². The predicted molar refractivity (Wildman–Crippen MR) is 99.7 cm³/mol. The fourth-order valence-electron chi connectivity index (χ4n) is 2.63. The molecule has 1 atom stereocenters. The number of hydrogen-bond acceptors (Lipinski definition) is 2. The van der Waals surface area contributed by atoms with Gasteiger partial charge >= 0.3 is 0 Å². The molecule has 4 heteroatoms. The van der Waals surface area contributed by atoms with E-state index >= 15 is 0 Å². The first-order valence-electron chi connectivity index (χ1n) is 7.60. The quantitative estimate of drug-likeness (QED) is 0.809. The molecule has 1 heterocycles.